The van der Waals surface area contributed by atoms with Gasteiger partial charge >= 0.3 is 6.18 Å². The SMILES string of the molecule is Fc1ccc(C2N=CC=C[C@H]2F)cc1C(F)(F)F. The van der Waals surface area contributed by atoms with Gasteiger partial charge in [0.2, 0.25) is 0 Å². The van der Waals surface area contributed by atoms with Gasteiger partial charge in [-0.3, -0.25) is 4.99 Å². The average molecular weight is 261 g/mol. The minimum absolute atomic E-state index is 0.00294. The van der Waals surface area contributed by atoms with Crippen molar-refractivity contribution >= 4 is 6.21 Å². The van der Waals surface area contributed by atoms with Gasteiger partial charge in [0.15, 0.2) is 0 Å². The van der Waals surface area contributed by atoms with Crippen LogP contribution >= 0.6 is 0 Å². The fourth-order valence-electron chi connectivity index (χ4n) is 1.70. The third-order valence-corrected chi connectivity index (χ3v) is 2.57. The van der Waals surface area contributed by atoms with Gasteiger partial charge in [-0.25, -0.2) is 8.78 Å². The highest BCUT2D eigenvalue weighted by Gasteiger charge is 2.35. The molecular formula is C12H8F5N. The number of benzene rings is 1. The van der Waals surface area contributed by atoms with Gasteiger partial charge in [0.1, 0.15) is 18.0 Å². The Morgan fingerprint density at radius 1 is 1.17 bits per heavy atom. The molecule has 0 fully saturated rings. The number of hydrogen-bond donors (Lipinski definition) is 0. The largest absolute Gasteiger partial charge is 0.419 e. The number of rotatable bonds is 1. The highest BCUT2D eigenvalue weighted by atomic mass is 19.4. The second kappa shape index (κ2) is 4.51. The highest BCUT2D eigenvalue weighted by molar-refractivity contribution is 5.72. The van der Waals surface area contributed by atoms with Crippen molar-refractivity contribution in [3.63, 3.8) is 0 Å². The Morgan fingerprint density at radius 2 is 1.89 bits per heavy atom. The van der Waals surface area contributed by atoms with E-state index in [2.05, 4.69) is 4.99 Å². The van der Waals surface area contributed by atoms with E-state index >= 15 is 0 Å². The van der Waals surface area contributed by atoms with E-state index < -0.39 is 29.8 Å². The van der Waals surface area contributed by atoms with Gasteiger partial charge in [-0.2, -0.15) is 13.2 Å². The smallest absolute Gasteiger partial charge is 0.282 e. The number of aliphatic imine (C=N–C) groups is 1. The molecule has 1 heterocycles. The molecule has 0 N–H and O–H groups in total. The predicted octanol–water partition coefficient (Wildman–Crippen LogP) is 3.86. The van der Waals surface area contributed by atoms with Gasteiger partial charge in [-0.1, -0.05) is 6.07 Å². The summed E-state index contributed by atoms with van der Waals surface area (Å²) in [4.78, 5) is 3.76. The van der Waals surface area contributed by atoms with Gasteiger partial charge in [0.25, 0.3) is 0 Å². The van der Waals surface area contributed by atoms with Crippen molar-refractivity contribution in [3.8, 4) is 0 Å². The second-order valence-corrected chi connectivity index (χ2v) is 3.81. The van der Waals surface area contributed by atoms with Crippen LogP contribution in [0.1, 0.15) is 17.2 Å². The maximum absolute atomic E-state index is 13.5. The van der Waals surface area contributed by atoms with Crippen LogP contribution in [0.15, 0.2) is 35.3 Å². The molecule has 1 unspecified atom stereocenters. The lowest BCUT2D eigenvalue weighted by Gasteiger charge is -2.18. The van der Waals surface area contributed by atoms with Gasteiger partial charge in [0, 0.05) is 6.21 Å². The molecule has 6 heteroatoms. The molecule has 1 nitrogen and oxygen atoms in total. The van der Waals surface area contributed by atoms with E-state index in [1.807, 2.05) is 0 Å². The Bertz CT molecular complexity index is 504. The maximum atomic E-state index is 13.5. The minimum atomic E-state index is -4.81. The molecule has 2 rings (SSSR count). The van der Waals surface area contributed by atoms with Crippen molar-refractivity contribution < 1.29 is 22.0 Å². The van der Waals surface area contributed by atoms with Crippen LogP contribution in [0.25, 0.3) is 0 Å². The summed E-state index contributed by atoms with van der Waals surface area (Å²) in [6.07, 6.45) is -2.46. The van der Waals surface area contributed by atoms with Crippen LogP contribution in [0.2, 0.25) is 0 Å². The molecule has 0 aromatic heterocycles. The van der Waals surface area contributed by atoms with Crippen molar-refractivity contribution in [3.05, 3.63) is 47.3 Å². The average Bonchev–Trinajstić information content (AvgIpc) is 2.29. The van der Waals surface area contributed by atoms with E-state index in [0.717, 1.165) is 6.07 Å². The van der Waals surface area contributed by atoms with Gasteiger partial charge < -0.3 is 0 Å². The van der Waals surface area contributed by atoms with Crippen LogP contribution < -0.4 is 0 Å². The zero-order chi connectivity index (χ0) is 13.3. The van der Waals surface area contributed by atoms with E-state index in [1.54, 1.807) is 0 Å². The molecule has 1 aromatic carbocycles. The molecule has 0 saturated carbocycles. The third kappa shape index (κ3) is 2.42. The van der Waals surface area contributed by atoms with Crippen LogP contribution in [-0.2, 0) is 6.18 Å². The van der Waals surface area contributed by atoms with Crippen LogP contribution in [0.4, 0.5) is 22.0 Å². The Kier molecular flexibility index (Phi) is 3.19. The monoisotopic (exact) mass is 261 g/mol. The van der Waals surface area contributed by atoms with E-state index in [1.165, 1.54) is 18.4 Å². The molecule has 0 aliphatic carbocycles. The van der Waals surface area contributed by atoms with Crippen LogP contribution in [0, 0.1) is 5.82 Å². The Balaban J connectivity index is 2.42. The molecule has 0 radical (unpaired) electrons. The standard InChI is InChI=1S/C12H8F5N/c13-9-4-3-7(6-8(9)12(15,16)17)11-10(14)2-1-5-18-11/h1-6,10-11H/t10-,11?/m1/s1. The lowest BCUT2D eigenvalue weighted by molar-refractivity contribution is -0.140. The Morgan fingerprint density at radius 3 is 2.50 bits per heavy atom. The Hall–Kier alpha value is -1.72. The normalized spacial score (nSPS) is 23.4. The summed E-state index contributed by atoms with van der Waals surface area (Å²) in [6, 6.07) is 1.33. The van der Waals surface area contributed by atoms with Crippen molar-refractivity contribution in [2.45, 2.75) is 18.4 Å². The quantitative estimate of drug-likeness (QED) is 0.680. The fourth-order valence-corrected chi connectivity index (χ4v) is 1.70. The fraction of sp³-hybridized carbons (Fsp3) is 0.250. The molecule has 0 amide bonds. The summed E-state index contributed by atoms with van der Waals surface area (Å²) in [5, 5.41) is 0. The molecule has 18 heavy (non-hydrogen) atoms. The maximum Gasteiger partial charge on any atom is 0.419 e. The first-order chi connectivity index (χ1) is 8.39. The van der Waals surface area contributed by atoms with E-state index in [0.29, 0.717) is 12.1 Å². The molecule has 0 saturated heterocycles. The van der Waals surface area contributed by atoms with E-state index in [-0.39, 0.29) is 5.56 Å². The van der Waals surface area contributed by atoms with Crippen LogP contribution in [0.3, 0.4) is 0 Å². The lowest BCUT2D eigenvalue weighted by atomic mass is 9.98. The van der Waals surface area contributed by atoms with E-state index in [4.69, 9.17) is 0 Å². The summed E-state index contributed by atoms with van der Waals surface area (Å²) in [6.45, 7) is 0. The number of hydrogen-bond acceptors (Lipinski definition) is 1. The molecule has 96 valence electrons. The topological polar surface area (TPSA) is 12.4 Å². The van der Waals surface area contributed by atoms with Crippen molar-refractivity contribution in [1.29, 1.82) is 0 Å². The zero-order valence-electron chi connectivity index (χ0n) is 8.96. The summed E-state index contributed by atoms with van der Waals surface area (Å²) in [5.41, 5.74) is -1.41. The van der Waals surface area contributed by atoms with Gasteiger partial charge in [-0.15, -0.1) is 0 Å². The summed E-state index contributed by atoms with van der Waals surface area (Å²) in [7, 11) is 0. The number of allylic oxidation sites excluding steroid dienone is 1. The summed E-state index contributed by atoms with van der Waals surface area (Å²) in [5.74, 6) is -1.38. The third-order valence-electron chi connectivity index (χ3n) is 2.57. The Labute approximate surface area is 99.6 Å². The zero-order valence-corrected chi connectivity index (χ0v) is 8.96. The molecule has 0 bridgehead atoms. The predicted molar refractivity (Wildman–Crippen MR) is 56.7 cm³/mol. The number of dihydropyridines is 1. The van der Waals surface area contributed by atoms with Crippen LogP contribution in [-0.4, -0.2) is 12.4 Å². The molecular weight excluding hydrogens is 253 g/mol. The molecule has 2 atom stereocenters. The second-order valence-electron chi connectivity index (χ2n) is 3.81. The van der Waals surface area contributed by atoms with Crippen molar-refractivity contribution in [1.82, 2.24) is 0 Å². The van der Waals surface area contributed by atoms with Crippen molar-refractivity contribution in [2.75, 3.05) is 0 Å². The number of halogens is 5. The number of alkyl halides is 4. The first kappa shape index (κ1) is 12.7. The van der Waals surface area contributed by atoms with Gasteiger partial charge in [-0.05, 0) is 29.8 Å². The molecule has 1 aromatic rings. The van der Waals surface area contributed by atoms with Crippen LogP contribution in [0.5, 0.6) is 0 Å². The number of nitrogens with zero attached hydrogens (tertiary/aromatic N) is 1. The van der Waals surface area contributed by atoms with E-state index in [9.17, 15) is 22.0 Å². The minimum Gasteiger partial charge on any atom is -0.282 e. The summed E-state index contributed by atoms with van der Waals surface area (Å²) >= 11 is 0. The summed E-state index contributed by atoms with van der Waals surface area (Å²) < 4.78 is 64.1. The lowest BCUT2D eigenvalue weighted by Crippen LogP contribution is -2.15. The van der Waals surface area contributed by atoms with Gasteiger partial charge in [0.05, 0.1) is 5.56 Å². The first-order valence-corrected chi connectivity index (χ1v) is 5.10. The van der Waals surface area contributed by atoms with Crippen molar-refractivity contribution in [2.24, 2.45) is 4.99 Å². The molecule has 0 spiro atoms. The highest BCUT2D eigenvalue weighted by Crippen LogP contribution is 2.35. The molecule has 1 aliphatic rings. The molecule has 1 aliphatic heterocycles. The first-order valence-electron chi connectivity index (χ1n) is 5.10.